The average molecular weight is 381 g/mol. The van der Waals surface area contributed by atoms with Gasteiger partial charge in [0.15, 0.2) is 5.65 Å². The van der Waals surface area contributed by atoms with E-state index in [9.17, 15) is 4.79 Å². The van der Waals surface area contributed by atoms with Crippen LogP contribution in [0.2, 0.25) is 0 Å². The minimum absolute atomic E-state index is 0.0548. The van der Waals surface area contributed by atoms with E-state index in [0.29, 0.717) is 35.9 Å². The summed E-state index contributed by atoms with van der Waals surface area (Å²) in [5.41, 5.74) is 2.26. The van der Waals surface area contributed by atoms with Crippen LogP contribution in [0.1, 0.15) is 28.8 Å². The lowest BCUT2D eigenvalue weighted by molar-refractivity contribution is 0.0585. The molecule has 8 heteroatoms. The van der Waals surface area contributed by atoms with Gasteiger partial charge >= 0.3 is 0 Å². The van der Waals surface area contributed by atoms with Gasteiger partial charge in [0.05, 0.1) is 18.7 Å². The fraction of sp³-hybridized carbons (Fsp3) is 0.400. The van der Waals surface area contributed by atoms with Crippen molar-refractivity contribution in [3.05, 3.63) is 41.9 Å². The first-order valence-electron chi connectivity index (χ1n) is 9.30. The van der Waals surface area contributed by atoms with Crippen molar-refractivity contribution in [2.45, 2.75) is 25.9 Å². The maximum absolute atomic E-state index is 13.1. The van der Waals surface area contributed by atoms with Crippen LogP contribution in [-0.2, 0) is 7.05 Å². The van der Waals surface area contributed by atoms with Gasteiger partial charge in [-0.2, -0.15) is 5.10 Å². The van der Waals surface area contributed by atoms with Gasteiger partial charge in [-0.3, -0.25) is 9.48 Å². The second-order valence-corrected chi connectivity index (χ2v) is 6.99. The maximum atomic E-state index is 13.1. The van der Waals surface area contributed by atoms with E-state index < -0.39 is 0 Å². The Balaban J connectivity index is 1.46. The monoisotopic (exact) mass is 381 g/mol. The number of ether oxygens (including phenoxy) is 2. The van der Waals surface area contributed by atoms with E-state index >= 15 is 0 Å². The van der Waals surface area contributed by atoms with Crippen LogP contribution in [0, 0.1) is 6.92 Å². The summed E-state index contributed by atoms with van der Waals surface area (Å²) < 4.78 is 13.2. The van der Waals surface area contributed by atoms with Crippen LogP contribution < -0.4 is 9.47 Å². The highest BCUT2D eigenvalue weighted by Crippen LogP contribution is 2.29. The number of hydrogen-bond acceptors (Lipinski definition) is 6. The number of aryl methyl sites for hydroxylation is 2. The minimum atomic E-state index is -0.0813. The molecule has 4 heterocycles. The Morgan fingerprint density at radius 2 is 2.00 bits per heavy atom. The number of rotatable bonds is 4. The molecule has 1 aliphatic heterocycles. The van der Waals surface area contributed by atoms with Gasteiger partial charge < -0.3 is 14.4 Å². The van der Waals surface area contributed by atoms with E-state index in [4.69, 9.17) is 9.47 Å². The lowest BCUT2D eigenvalue weighted by atomic mass is 10.1. The highest BCUT2D eigenvalue weighted by atomic mass is 16.5. The van der Waals surface area contributed by atoms with E-state index in [2.05, 4.69) is 15.1 Å². The number of fused-ring (bicyclic) bond motifs is 1. The minimum Gasteiger partial charge on any atom is -0.495 e. The predicted octanol–water partition coefficient (Wildman–Crippen LogP) is 2.36. The van der Waals surface area contributed by atoms with Crippen LogP contribution in [0.5, 0.6) is 11.6 Å². The van der Waals surface area contributed by atoms with Crippen molar-refractivity contribution >= 4 is 16.9 Å². The highest BCUT2D eigenvalue weighted by molar-refractivity contribution is 6.01. The van der Waals surface area contributed by atoms with Crippen LogP contribution in [0.15, 0.2) is 30.7 Å². The molecule has 0 spiro atoms. The molecule has 8 nitrogen and oxygen atoms in total. The number of amides is 1. The van der Waals surface area contributed by atoms with Gasteiger partial charge in [-0.05, 0) is 18.6 Å². The van der Waals surface area contributed by atoms with Crippen molar-refractivity contribution in [3.8, 4) is 11.6 Å². The number of pyridine rings is 2. The molecular weight excluding hydrogens is 358 g/mol. The highest BCUT2D eigenvalue weighted by Gasteiger charge is 2.28. The van der Waals surface area contributed by atoms with E-state index in [1.165, 1.54) is 0 Å². The molecule has 0 saturated carbocycles. The molecule has 28 heavy (non-hydrogen) atoms. The third-order valence-electron chi connectivity index (χ3n) is 5.05. The molecular formula is C20H23N5O3. The first-order valence-corrected chi connectivity index (χ1v) is 9.30. The zero-order valence-corrected chi connectivity index (χ0v) is 16.3. The van der Waals surface area contributed by atoms with Gasteiger partial charge in [0.1, 0.15) is 17.4 Å². The Labute approximate surface area is 163 Å². The number of carbonyl (C=O) groups excluding carboxylic acids is 1. The Kier molecular flexibility index (Phi) is 4.85. The molecule has 0 bridgehead atoms. The van der Waals surface area contributed by atoms with Crippen molar-refractivity contribution in [2.24, 2.45) is 7.05 Å². The van der Waals surface area contributed by atoms with Crippen molar-refractivity contribution in [1.82, 2.24) is 24.6 Å². The third kappa shape index (κ3) is 3.37. The normalized spacial score (nSPS) is 15.0. The molecule has 0 aliphatic carbocycles. The predicted molar refractivity (Wildman–Crippen MR) is 104 cm³/mol. The van der Waals surface area contributed by atoms with E-state index in [1.54, 1.807) is 30.4 Å². The summed E-state index contributed by atoms with van der Waals surface area (Å²) in [6.45, 7) is 3.24. The number of methoxy groups -OCH3 is 1. The van der Waals surface area contributed by atoms with Crippen molar-refractivity contribution in [2.75, 3.05) is 20.2 Å². The zero-order valence-electron chi connectivity index (χ0n) is 16.3. The number of nitrogens with zero attached hydrogens (tertiary/aromatic N) is 5. The van der Waals surface area contributed by atoms with E-state index in [-0.39, 0.29) is 12.0 Å². The summed E-state index contributed by atoms with van der Waals surface area (Å²) in [5.74, 6) is 1.07. The van der Waals surface area contributed by atoms with Gasteiger partial charge in [-0.25, -0.2) is 9.97 Å². The number of aromatic nitrogens is 4. The molecule has 4 rings (SSSR count). The first-order chi connectivity index (χ1) is 13.6. The standard InChI is InChI=1S/C20H23N5O3/c1-13-4-7-21-17(10-13)28-14-5-8-25(9-6-14)20(26)16-11-22-19-15(18(16)27-3)12-23-24(19)2/h4,7,10-12,14H,5-6,8-9H2,1-3H3. The van der Waals surface area contributed by atoms with Gasteiger partial charge in [0, 0.05) is 51.4 Å². The smallest absolute Gasteiger partial charge is 0.259 e. The SMILES string of the molecule is COc1c(C(=O)N2CCC(Oc3cc(C)ccn3)CC2)cnc2c1cnn2C. The van der Waals surface area contributed by atoms with Gasteiger partial charge in [-0.1, -0.05) is 0 Å². The van der Waals surface area contributed by atoms with Crippen LogP contribution in [-0.4, -0.2) is 56.9 Å². The quantitative estimate of drug-likeness (QED) is 0.690. The molecule has 1 saturated heterocycles. The fourth-order valence-corrected chi connectivity index (χ4v) is 3.54. The molecule has 0 atom stereocenters. The summed E-state index contributed by atoms with van der Waals surface area (Å²) in [6, 6.07) is 3.87. The Bertz CT molecular complexity index is 1010. The molecule has 0 unspecified atom stereocenters. The van der Waals surface area contributed by atoms with Crippen LogP contribution in [0.25, 0.3) is 11.0 Å². The van der Waals surface area contributed by atoms with Crippen molar-refractivity contribution in [3.63, 3.8) is 0 Å². The van der Waals surface area contributed by atoms with E-state index in [0.717, 1.165) is 23.8 Å². The summed E-state index contributed by atoms with van der Waals surface area (Å²) in [4.78, 5) is 23.5. The topological polar surface area (TPSA) is 82.4 Å². The first kappa shape index (κ1) is 18.2. The summed E-state index contributed by atoms with van der Waals surface area (Å²) in [7, 11) is 3.37. The average Bonchev–Trinajstić information content (AvgIpc) is 3.08. The van der Waals surface area contributed by atoms with Gasteiger partial charge in [-0.15, -0.1) is 0 Å². The molecule has 0 aromatic carbocycles. The van der Waals surface area contributed by atoms with Gasteiger partial charge in [0.2, 0.25) is 5.88 Å². The van der Waals surface area contributed by atoms with Crippen LogP contribution >= 0.6 is 0 Å². The molecule has 1 aliphatic rings. The summed E-state index contributed by atoms with van der Waals surface area (Å²) in [5, 5.41) is 4.94. The Morgan fingerprint density at radius 1 is 1.21 bits per heavy atom. The molecule has 146 valence electrons. The lowest BCUT2D eigenvalue weighted by Gasteiger charge is -2.32. The Hall–Kier alpha value is -3.16. The second-order valence-electron chi connectivity index (χ2n) is 6.99. The van der Waals surface area contributed by atoms with Gasteiger partial charge in [0.25, 0.3) is 5.91 Å². The molecule has 3 aromatic heterocycles. The summed E-state index contributed by atoms with van der Waals surface area (Å²) in [6.07, 6.45) is 6.56. The molecule has 1 amide bonds. The zero-order chi connectivity index (χ0) is 19.7. The lowest BCUT2D eigenvalue weighted by Crippen LogP contribution is -2.42. The number of likely N-dealkylation sites (tertiary alicyclic amines) is 1. The summed E-state index contributed by atoms with van der Waals surface area (Å²) >= 11 is 0. The molecule has 1 fully saturated rings. The van der Waals surface area contributed by atoms with Crippen LogP contribution in [0.3, 0.4) is 0 Å². The second kappa shape index (κ2) is 7.46. The fourth-order valence-electron chi connectivity index (χ4n) is 3.54. The van der Waals surface area contributed by atoms with E-state index in [1.807, 2.05) is 31.0 Å². The Morgan fingerprint density at radius 3 is 2.71 bits per heavy atom. The number of hydrogen-bond donors (Lipinski definition) is 0. The molecule has 3 aromatic rings. The van der Waals surface area contributed by atoms with Crippen molar-refractivity contribution < 1.29 is 14.3 Å². The number of piperidine rings is 1. The number of carbonyl (C=O) groups is 1. The van der Waals surface area contributed by atoms with Crippen molar-refractivity contribution in [1.29, 1.82) is 0 Å². The largest absolute Gasteiger partial charge is 0.495 e. The third-order valence-corrected chi connectivity index (χ3v) is 5.05. The maximum Gasteiger partial charge on any atom is 0.259 e. The molecule has 0 N–H and O–H groups in total. The van der Waals surface area contributed by atoms with Crippen LogP contribution in [0.4, 0.5) is 0 Å². The molecule has 0 radical (unpaired) electrons.